The number of anilines is 2. The molecule has 1 unspecified atom stereocenters. The molecule has 51 heavy (non-hydrogen) atoms. The van der Waals surface area contributed by atoms with Crippen LogP contribution in [0, 0.1) is 13.8 Å². The first kappa shape index (κ1) is 36.3. The van der Waals surface area contributed by atoms with Crippen molar-refractivity contribution in [3.63, 3.8) is 0 Å². The Balaban J connectivity index is 1.43. The second-order valence-electron chi connectivity index (χ2n) is 11.5. The second kappa shape index (κ2) is 17.1. The van der Waals surface area contributed by atoms with Crippen molar-refractivity contribution >= 4 is 46.9 Å². The van der Waals surface area contributed by atoms with Gasteiger partial charge in [0, 0.05) is 21.8 Å². The van der Waals surface area contributed by atoms with Crippen LogP contribution < -0.4 is 30.2 Å². The molecule has 0 aliphatic carbocycles. The standard InChI is InChI=1S/C41H39N3O6S/c1-26-19-20-32(21-27(26)2)43-41(47)38(29-13-8-6-9-14-29)51-33-18-12-17-31(25-33)42-40(46)34(44-39(45)30-15-10-7-11-16-30)22-28-23-35(48-3)37(50-5)36(24-28)49-4/h6-25,38H,1-5H3,(H,42,46)(H,43,47)(H,44,45)/b34-22+. The molecule has 0 fully saturated rings. The molecule has 0 radical (unpaired) electrons. The number of carbonyl (C=O) groups excluding carboxylic acids is 3. The number of aryl methyl sites for hydroxylation is 2. The van der Waals surface area contributed by atoms with Crippen molar-refractivity contribution in [1.29, 1.82) is 0 Å². The van der Waals surface area contributed by atoms with Crippen molar-refractivity contribution in [3.8, 4) is 17.2 Å². The fraction of sp³-hybridized carbons (Fsp3) is 0.146. The Hall–Kier alpha value is -6.00. The average Bonchev–Trinajstić information content (AvgIpc) is 3.15. The van der Waals surface area contributed by atoms with Crippen molar-refractivity contribution in [2.24, 2.45) is 0 Å². The van der Waals surface area contributed by atoms with Crippen LogP contribution in [-0.4, -0.2) is 39.1 Å². The van der Waals surface area contributed by atoms with E-state index >= 15 is 0 Å². The van der Waals surface area contributed by atoms with Crippen molar-refractivity contribution in [2.45, 2.75) is 24.0 Å². The first-order valence-corrected chi connectivity index (χ1v) is 17.0. The van der Waals surface area contributed by atoms with Crippen molar-refractivity contribution in [3.05, 3.63) is 149 Å². The van der Waals surface area contributed by atoms with Gasteiger partial charge in [-0.2, -0.15) is 0 Å². The maximum atomic E-state index is 13.9. The van der Waals surface area contributed by atoms with E-state index in [2.05, 4.69) is 16.0 Å². The van der Waals surface area contributed by atoms with E-state index in [1.54, 1.807) is 60.7 Å². The smallest absolute Gasteiger partial charge is 0.272 e. The Bertz CT molecular complexity index is 2020. The third-order valence-corrected chi connectivity index (χ3v) is 9.24. The molecule has 0 bridgehead atoms. The van der Waals surface area contributed by atoms with Crippen LogP contribution in [0.1, 0.15) is 37.9 Å². The Morgan fingerprint density at radius 2 is 1.31 bits per heavy atom. The van der Waals surface area contributed by atoms with E-state index in [0.717, 1.165) is 27.3 Å². The monoisotopic (exact) mass is 701 g/mol. The number of benzene rings is 5. The number of methoxy groups -OCH3 is 3. The average molecular weight is 702 g/mol. The highest BCUT2D eigenvalue weighted by atomic mass is 32.2. The topological polar surface area (TPSA) is 115 Å². The summed E-state index contributed by atoms with van der Waals surface area (Å²) in [5, 5.41) is 8.15. The number of rotatable bonds is 13. The van der Waals surface area contributed by atoms with Gasteiger partial charge in [-0.25, -0.2) is 0 Å². The van der Waals surface area contributed by atoms with Gasteiger partial charge in [-0.1, -0.05) is 60.7 Å². The molecule has 5 aromatic rings. The van der Waals surface area contributed by atoms with Crippen LogP contribution in [0.4, 0.5) is 11.4 Å². The molecule has 260 valence electrons. The largest absolute Gasteiger partial charge is 0.493 e. The van der Waals surface area contributed by atoms with E-state index in [4.69, 9.17) is 14.2 Å². The minimum atomic E-state index is -0.584. The number of thioether (sulfide) groups is 1. The molecular weight excluding hydrogens is 663 g/mol. The first-order chi connectivity index (χ1) is 24.7. The van der Waals surface area contributed by atoms with Crippen LogP contribution in [0.3, 0.4) is 0 Å². The predicted molar refractivity (Wildman–Crippen MR) is 203 cm³/mol. The van der Waals surface area contributed by atoms with Gasteiger partial charge in [0.1, 0.15) is 10.9 Å². The summed E-state index contributed by atoms with van der Waals surface area (Å²) in [6.07, 6.45) is 1.53. The van der Waals surface area contributed by atoms with E-state index in [-0.39, 0.29) is 11.6 Å². The van der Waals surface area contributed by atoms with Crippen LogP contribution in [0.15, 0.2) is 126 Å². The number of hydrogen-bond acceptors (Lipinski definition) is 7. The Morgan fingerprint density at radius 3 is 1.94 bits per heavy atom. The molecule has 3 amide bonds. The summed E-state index contributed by atoms with van der Waals surface area (Å²) >= 11 is 1.36. The van der Waals surface area contributed by atoms with Crippen LogP contribution in [0.2, 0.25) is 0 Å². The molecule has 1 atom stereocenters. The summed E-state index contributed by atoms with van der Waals surface area (Å²) in [4.78, 5) is 41.6. The number of carbonyl (C=O) groups is 3. The maximum Gasteiger partial charge on any atom is 0.272 e. The van der Waals surface area contributed by atoms with Gasteiger partial charge in [0.05, 0.1) is 21.3 Å². The first-order valence-electron chi connectivity index (χ1n) is 16.1. The van der Waals surface area contributed by atoms with Gasteiger partial charge < -0.3 is 30.2 Å². The maximum absolute atomic E-state index is 13.9. The van der Waals surface area contributed by atoms with Gasteiger partial charge in [0.15, 0.2) is 11.5 Å². The Labute approximate surface area is 302 Å². The zero-order valence-corrected chi connectivity index (χ0v) is 29.8. The normalized spacial score (nSPS) is 11.6. The van der Waals surface area contributed by atoms with Crippen LogP contribution in [-0.2, 0) is 9.59 Å². The number of ether oxygens (including phenoxy) is 3. The molecule has 0 spiro atoms. The quantitative estimate of drug-likeness (QED) is 0.0838. The highest BCUT2D eigenvalue weighted by Gasteiger charge is 2.23. The molecule has 0 heterocycles. The van der Waals surface area contributed by atoms with E-state index in [9.17, 15) is 14.4 Å². The molecule has 5 rings (SSSR count). The third kappa shape index (κ3) is 9.37. The predicted octanol–water partition coefficient (Wildman–Crippen LogP) is 8.21. The van der Waals surface area contributed by atoms with E-state index in [1.165, 1.54) is 39.2 Å². The van der Waals surface area contributed by atoms with Crippen LogP contribution >= 0.6 is 11.8 Å². The molecule has 9 nitrogen and oxygen atoms in total. The number of amides is 3. The van der Waals surface area contributed by atoms with Gasteiger partial charge in [-0.3, -0.25) is 14.4 Å². The fourth-order valence-electron chi connectivity index (χ4n) is 5.20. The zero-order valence-electron chi connectivity index (χ0n) is 29.0. The van der Waals surface area contributed by atoms with Crippen molar-refractivity contribution in [2.75, 3.05) is 32.0 Å². The Kier molecular flexibility index (Phi) is 12.2. The van der Waals surface area contributed by atoms with Gasteiger partial charge in [-0.05, 0) is 96.8 Å². The van der Waals surface area contributed by atoms with Crippen molar-refractivity contribution < 1.29 is 28.6 Å². The lowest BCUT2D eigenvalue weighted by atomic mass is 10.1. The summed E-state index contributed by atoms with van der Waals surface area (Å²) < 4.78 is 16.4. The highest BCUT2D eigenvalue weighted by molar-refractivity contribution is 8.00. The van der Waals surface area contributed by atoms with Crippen LogP contribution in [0.25, 0.3) is 6.08 Å². The minimum absolute atomic E-state index is 0.0221. The Morgan fingerprint density at radius 1 is 0.667 bits per heavy atom. The molecule has 5 aromatic carbocycles. The van der Waals surface area contributed by atoms with Crippen molar-refractivity contribution in [1.82, 2.24) is 5.32 Å². The van der Waals surface area contributed by atoms with E-state index in [1.807, 2.05) is 68.4 Å². The summed E-state index contributed by atoms with van der Waals surface area (Å²) in [5.41, 5.74) is 5.12. The SMILES string of the molecule is COc1cc(/C=C(/NC(=O)c2ccccc2)C(=O)Nc2cccc(SC(C(=O)Nc3ccc(C)c(C)c3)c3ccccc3)c2)cc(OC)c1OC. The van der Waals surface area contributed by atoms with E-state index < -0.39 is 17.1 Å². The van der Waals surface area contributed by atoms with Gasteiger partial charge in [0.25, 0.3) is 11.8 Å². The van der Waals surface area contributed by atoms with Gasteiger partial charge >= 0.3 is 0 Å². The van der Waals surface area contributed by atoms with Crippen LogP contribution in [0.5, 0.6) is 17.2 Å². The molecular formula is C41H39N3O6S. The number of hydrogen-bond donors (Lipinski definition) is 3. The molecule has 0 aliphatic heterocycles. The molecule has 0 aromatic heterocycles. The lowest BCUT2D eigenvalue weighted by Gasteiger charge is -2.18. The minimum Gasteiger partial charge on any atom is -0.493 e. The molecule has 3 N–H and O–H groups in total. The molecule has 0 saturated heterocycles. The third-order valence-electron chi connectivity index (χ3n) is 7.99. The molecule has 10 heteroatoms. The lowest BCUT2D eigenvalue weighted by Crippen LogP contribution is -2.30. The molecule has 0 aliphatic rings. The second-order valence-corrected chi connectivity index (χ2v) is 12.7. The molecule has 0 saturated carbocycles. The number of nitrogens with one attached hydrogen (secondary N) is 3. The summed E-state index contributed by atoms with van der Waals surface area (Å²) in [6, 6.07) is 34.5. The summed E-state index contributed by atoms with van der Waals surface area (Å²) in [7, 11) is 4.49. The zero-order chi connectivity index (χ0) is 36.3. The summed E-state index contributed by atoms with van der Waals surface area (Å²) in [6.45, 7) is 4.03. The fourth-order valence-corrected chi connectivity index (χ4v) is 6.29. The van der Waals surface area contributed by atoms with E-state index in [0.29, 0.717) is 34.1 Å². The highest BCUT2D eigenvalue weighted by Crippen LogP contribution is 2.39. The van der Waals surface area contributed by atoms with Gasteiger partial charge in [-0.15, -0.1) is 11.8 Å². The van der Waals surface area contributed by atoms with Gasteiger partial charge in [0.2, 0.25) is 11.7 Å². The lowest BCUT2D eigenvalue weighted by molar-refractivity contribution is -0.116. The summed E-state index contributed by atoms with van der Waals surface area (Å²) in [5.74, 6) is -0.0465.